The molecular formula is C6H11N3O. The summed E-state index contributed by atoms with van der Waals surface area (Å²) in [6, 6.07) is -0.168. The molecule has 56 valence electrons. The normalized spacial score (nSPS) is 20.9. The van der Waals surface area contributed by atoms with Crippen molar-refractivity contribution in [1.29, 1.82) is 0 Å². The van der Waals surface area contributed by atoms with Gasteiger partial charge in [-0.05, 0) is 24.3 Å². The maximum absolute atomic E-state index is 8.73. The van der Waals surface area contributed by atoms with Crippen LogP contribution in [0.2, 0.25) is 0 Å². The Kier molecular flexibility index (Phi) is 2.54. The van der Waals surface area contributed by atoms with E-state index < -0.39 is 0 Å². The molecular weight excluding hydrogens is 130 g/mol. The van der Waals surface area contributed by atoms with Crippen molar-refractivity contribution in [3.63, 3.8) is 0 Å². The van der Waals surface area contributed by atoms with Gasteiger partial charge in [-0.2, -0.15) is 0 Å². The minimum absolute atomic E-state index is 0.00523. The molecule has 1 rings (SSSR count). The molecule has 1 atom stereocenters. The Hall–Kier alpha value is -0.730. The van der Waals surface area contributed by atoms with Crippen LogP contribution >= 0.6 is 0 Å². The lowest BCUT2D eigenvalue weighted by molar-refractivity contribution is 0.176. The van der Waals surface area contributed by atoms with Crippen molar-refractivity contribution in [3.05, 3.63) is 10.4 Å². The third-order valence-electron chi connectivity index (χ3n) is 2.08. The molecule has 0 radical (unpaired) electrons. The van der Waals surface area contributed by atoms with Gasteiger partial charge < -0.3 is 5.11 Å². The molecule has 0 amide bonds. The number of hydrogen-bond donors (Lipinski definition) is 1. The number of aliphatic hydroxyl groups excluding tert-OH is 1. The molecule has 0 saturated heterocycles. The van der Waals surface area contributed by atoms with E-state index in [-0.39, 0.29) is 12.6 Å². The van der Waals surface area contributed by atoms with Crippen molar-refractivity contribution in [2.24, 2.45) is 11.0 Å². The highest BCUT2D eigenvalue weighted by molar-refractivity contribution is 4.82. The molecule has 0 spiro atoms. The fraction of sp³-hybridized carbons (Fsp3) is 1.00. The van der Waals surface area contributed by atoms with Crippen molar-refractivity contribution in [1.82, 2.24) is 0 Å². The fourth-order valence-electron chi connectivity index (χ4n) is 1.17. The highest BCUT2D eigenvalue weighted by Crippen LogP contribution is 2.30. The second-order valence-electron chi connectivity index (χ2n) is 2.65. The van der Waals surface area contributed by atoms with Crippen molar-refractivity contribution in [2.75, 3.05) is 6.61 Å². The highest BCUT2D eigenvalue weighted by Gasteiger charge is 2.25. The summed E-state index contributed by atoms with van der Waals surface area (Å²) in [5, 5.41) is 12.2. The predicted molar refractivity (Wildman–Crippen MR) is 37.4 cm³/mol. The van der Waals surface area contributed by atoms with Gasteiger partial charge in [0.15, 0.2) is 0 Å². The van der Waals surface area contributed by atoms with Crippen molar-refractivity contribution < 1.29 is 5.11 Å². The van der Waals surface area contributed by atoms with Gasteiger partial charge in [-0.25, -0.2) is 0 Å². The summed E-state index contributed by atoms with van der Waals surface area (Å²) >= 11 is 0. The van der Waals surface area contributed by atoms with E-state index in [1.54, 1.807) is 0 Å². The maximum Gasteiger partial charge on any atom is 0.0633 e. The lowest BCUT2D eigenvalue weighted by atomic mass is 9.80. The largest absolute Gasteiger partial charge is 0.396 e. The molecule has 0 aromatic heterocycles. The van der Waals surface area contributed by atoms with Crippen LogP contribution in [-0.2, 0) is 0 Å². The molecule has 0 aromatic carbocycles. The highest BCUT2D eigenvalue weighted by atomic mass is 16.3. The number of nitrogens with zero attached hydrogens (tertiary/aromatic N) is 3. The van der Waals surface area contributed by atoms with Crippen molar-refractivity contribution >= 4 is 0 Å². The molecule has 1 aliphatic carbocycles. The average molecular weight is 141 g/mol. The lowest BCUT2D eigenvalue weighted by Gasteiger charge is -2.29. The fourth-order valence-corrected chi connectivity index (χ4v) is 1.17. The zero-order valence-corrected chi connectivity index (χ0v) is 5.77. The van der Waals surface area contributed by atoms with Crippen LogP contribution in [0, 0.1) is 5.92 Å². The van der Waals surface area contributed by atoms with Gasteiger partial charge in [-0.3, -0.25) is 0 Å². The summed E-state index contributed by atoms with van der Waals surface area (Å²) < 4.78 is 0. The number of azide groups is 1. The second kappa shape index (κ2) is 3.44. The van der Waals surface area contributed by atoms with Crippen LogP contribution in [0.3, 0.4) is 0 Å². The van der Waals surface area contributed by atoms with E-state index >= 15 is 0 Å². The molecule has 10 heavy (non-hydrogen) atoms. The Morgan fingerprint density at radius 3 is 2.70 bits per heavy atom. The summed E-state index contributed by atoms with van der Waals surface area (Å²) in [4.78, 5) is 2.67. The Labute approximate surface area is 59.5 Å². The minimum Gasteiger partial charge on any atom is -0.396 e. The smallest absolute Gasteiger partial charge is 0.0633 e. The third-order valence-corrected chi connectivity index (χ3v) is 2.08. The summed E-state index contributed by atoms with van der Waals surface area (Å²) in [5.41, 5.74) is 8.08. The molecule has 1 saturated carbocycles. The first kappa shape index (κ1) is 7.38. The van der Waals surface area contributed by atoms with Gasteiger partial charge in [0.25, 0.3) is 0 Å². The Bertz CT molecular complexity index is 149. The minimum atomic E-state index is -0.168. The molecule has 0 heterocycles. The van der Waals surface area contributed by atoms with E-state index in [0.717, 1.165) is 12.8 Å². The van der Waals surface area contributed by atoms with E-state index in [1.165, 1.54) is 6.42 Å². The Morgan fingerprint density at radius 2 is 2.40 bits per heavy atom. The molecule has 1 fully saturated rings. The van der Waals surface area contributed by atoms with Crippen molar-refractivity contribution in [3.8, 4) is 0 Å². The lowest BCUT2D eigenvalue weighted by Crippen LogP contribution is -2.27. The van der Waals surface area contributed by atoms with E-state index in [1.807, 2.05) is 0 Å². The summed E-state index contributed by atoms with van der Waals surface area (Å²) in [6.07, 6.45) is 3.41. The van der Waals surface area contributed by atoms with Crippen LogP contribution < -0.4 is 0 Å². The molecule has 4 heteroatoms. The van der Waals surface area contributed by atoms with Crippen LogP contribution in [0.25, 0.3) is 10.4 Å². The standard InChI is InChI=1S/C6H11N3O/c7-9-8-6(4-10)5-2-1-3-5/h5-6,10H,1-4H2. The molecule has 4 nitrogen and oxygen atoms in total. The first-order valence-electron chi connectivity index (χ1n) is 3.53. The van der Waals surface area contributed by atoms with Gasteiger partial charge in [0, 0.05) is 4.91 Å². The van der Waals surface area contributed by atoms with Crippen LogP contribution in [0.15, 0.2) is 5.11 Å². The molecule has 0 aliphatic heterocycles. The quantitative estimate of drug-likeness (QED) is 0.361. The van der Waals surface area contributed by atoms with Crippen LogP contribution in [0.1, 0.15) is 19.3 Å². The monoisotopic (exact) mass is 141 g/mol. The summed E-state index contributed by atoms with van der Waals surface area (Å²) in [6.45, 7) is -0.00523. The Balaban J connectivity index is 2.38. The van der Waals surface area contributed by atoms with Crippen molar-refractivity contribution in [2.45, 2.75) is 25.3 Å². The maximum atomic E-state index is 8.73. The average Bonchev–Trinajstić information content (AvgIpc) is 1.83. The third kappa shape index (κ3) is 1.40. The Morgan fingerprint density at radius 1 is 1.70 bits per heavy atom. The predicted octanol–water partition coefficient (Wildman–Crippen LogP) is 1.46. The number of rotatable bonds is 3. The summed E-state index contributed by atoms with van der Waals surface area (Å²) in [5.74, 6) is 0.445. The van der Waals surface area contributed by atoms with Crippen LogP contribution in [0.4, 0.5) is 0 Å². The first-order chi connectivity index (χ1) is 4.88. The summed E-state index contributed by atoms with van der Waals surface area (Å²) in [7, 11) is 0. The van der Waals surface area contributed by atoms with E-state index in [9.17, 15) is 0 Å². The van der Waals surface area contributed by atoms with E-state index in [0.29, 0.717) is 5.92 Å². The van der Waals surface area contributed by atoms with Crippen LogP contribution in [0.5, 0.6) is 0 Å². The SMILES string of the molecule is [N-]=[N+]=NC(CO)C1CCC1. The van der Waals surface area contributed by atoms with Gasteiger partial charge in [0.2, 0.25) is 0 Å². The van der Waals surface area contributed by atoms with E-state index in [4.69, 9.17) is 10.6 Å². The zero-order valence-electron chi connectivity index (χ0n) is 5.77. The van der Waals surface area contributed by atoms with Gasteiger partial charge in [0.1, 0.15) is 0 Å². The molecule has 1 aliphatic rings. The molecule has 1 unspecified atom stereocenters. The first-order valence-corrected chi connectivity index (χ1v) is 3.53. The van der Waals surface area contributed by atoms with Crippen LogP contribution in [-0.4, -0.2) is 17.8 Å². The molecule has 1 N–H and O–H groups in total. The number of hydrogen-bond acceptors (Lipinski definition) is 2. The molecule has 0 aromatic rings. The molecule has 0 bridgehead atoms. The van der Waals surface area contributed by atoms with Gasteiger partial charge >= 0.3 is 0 Å². The second-order valence-corrected chi connectivity index (χ2v) is 2.65. The van der Waals surface area contributed by atoms with Gasteiger partial charge in [-0.15, -0.1) is 0 Å². The number of aliphatic hydroxyl groups is 1. The topological polar surface area (TPSA) is 69.0 Å². The van der Waals surface area contributed by atoms with E-state index in [2.05, 4.69) is 10.0 Å². The van der Waals surface area contributed by atoms with Gasteiger partial charge in [0.05, 0.1) is 12.6 Å². The zero-order chi connectivity index (χ0) is 7.40. The van der Waals surface area contributed by atoms with Gasteiger partial charge in [-0.1, -0.05) is 11.5 Å².